The number of pyridine rings is 1. The number of halogens is 1. The third-order valence-corrected chi connectivity index (χ3v) is 2.79. The van der Waals surface area contributed by atoms with Crippen LogP contribution in [0.3, 0.4) is 0 Å². The van der Waals surface area contributed by atoms with Crippen molar-refractivity contribution >= 4 is 5.69 Å². The van der Waals surface area contributed by atoms with Gasteiger partial charge in [-0.05, 0) is 42.0 Å². The van der Waals surface area contributed by atoms with Gasteiger partial charge in [0.2, 0.25) is 0 Å². The molecule has 1 aromatic carbocycles. The predicted molar refractivity (Wildman–Crippen MR) is 63.9 cm³/mol. The van der Waals surface area contributed by atoms with Crippen molar-refractivity contribution in [3.63, 3.8) is 0 Å². The normalized spacial score (nSPS) is 17.4. The number of anilines is 1. The zero-order valence-corrected chi connectivity index (χ0v) is 9.02. The van der Waals surface area contributed by atoms with Gasteiger partial charge in [0.25, 0.3) is 0 Å². The topological polar surface area (TPSA) is 24.9 Å². The highest BCUT2D eigenvalue weighted by Gasteiger charge is 2.19. The number of hydrogen-bond acceptors (Lipinski definition) is 2. The van der Waals surface area contributed by atoms with Gasteiger partial charge in [-0.3, -0.25) is 4.98 Å². The average molecular weight is 225 g/mol. The standard InChI is InChI=1S/C14H10FN2/c15-10-4-5-14-12(9-10)11(6-8-17-14)13-3-1-2-7-16-13/h1-5,7-9,11,17H. The molecular weight excluding hydrogens is 215 g/mol. The lowest BCUT2D eigenvalue weighted by Crippen LogP contribution is -2.09. The lowest BCUT2D eigenvalue weighted by Gasteiger charge is -2.20. The fourth-order valence-corrected chi connectivity index (χ4v) is 1.99. The minimum Gasteiger partial charge on any atom is -0.361 e. The lowest BCUT2D eigenvalue weighted by molar-refractivity contribution is 0.624. The maximum Gasteiger partial charge on any atom is 0.123 e. The highest BCUT2D eigenvalue weighted by Crippen LogP contribution is 2.33. The molecule has 83 valence electrons. The Balaban J connectivity index is 2.11. The maximum absolute atomic E-state index is 13.3. The number of aromatic nitrogens is 1. The van der Waals surface area contributed by atoms with Crippen molar-refractivity contribution in [1.82, 2.24) is 4.98 Å². The van der Waals surface area contributed by atoms with Crippen LogP contribution in [0.5, 0.6) is 0 Å². The van der Waals surface area contributed by atoms with Crippen molar-refractivity contribution in [2.45, 2.75) is 5.92 Å². The number of allylic oxidation sites excluding steroid dienone is 1. The van der Waals surface area contributed by atoms with Crippen molar-refractivity contribution < 1.29 is 4.39 Å². The molecular formula is C14H10FN2. The van der Waals surface area contributed by atoms with Gasteiger partial charge in [0.15, 0.2) is 0 Å². The van der Waals surface area contributed by atoms with Gasteiger partial charge in [0, 0.05) is 18.1 Å². The van der Waals surface area contributed by atoms with Gasteiger partial charge in [-0.15, -0.1) is 0 Å². The zero-order valence-electron chi connectivity index (χ0n) is 9.02. The van der Waals surface area contributed by atoms with Gasteiger partial charge in [0.1, 0.15) is 5.82 Å². The first kappa shape index (κ1) is 10.0. The summed E-state index contributed by atoms with van der Waals surface area (Å²) < 4.78 is 13.3. The molecule has 0 bridgehead atoms. The van der Waals surface area contributed by atoms with Crippen molar-refractivity contribution in [2.24, 2.45) is 0 Å². The molecule has 0 saturated heterocycles. The van der Waals surface area contributed by atoms with Gasteiger partial charge in [-0.1, -0.05) is 6.07 Å². The number of fused-ring (bicyclic) bond motifs is 1. The van der Waals surface area contributed by atoms with Crippen molar-refractivity contribution in [1.29, 1.82) is 0 Å². The maximum atomic E-state index is 13.3. The molecule has 3 rings (SSSR count). The van der Waals surface area contributed by atoms with Crippen LogP contribution >= 0.6 is 0 Å². The monoisotopic (exact) mass is 225 g/mol. The Morgan fingerprint density at radius 1 is 1.24 bits per heavy atom. The molecule has 0 aliphatic carbocycles. The highest BCUT2D eigenvalue weighted by atomic mass is 19.1. The molecule has 1 aromatic heterocycles. The summed E-state index contributed by atoms with van der Waals surface area (Å²) >= 11 is 0. The summed E-state index contributed by atoms with van der Waals surface area (Å²) in [5.74, 6) is -0.349. The minimum absolute atomic E-state index is 0.108. The molecule has 1 aliphatic heterocycles. The summed E-state index contributed by atoms with van der Waals surface area (Å²) in [4.78, 5) is 4.30. The molecule has 0 fully saturated rings. The molecule has 1 unspecified atom stereocenters. The number of nitrogens with one attached hydrogen (secondary N) is 1. The van der Waals surface area contributed by atoms with Crippen LogP contribution in [-0.4, -0.2) is 4.98 Å². The molecule has 0 saturated carbocycles. The molecule has 1 atom stereocenters. The first-order valence-corrected chi connectivity index (χ1v) is 5.39. The third kappa shape index (κ3) is 1.80. The van der Waals surface area contributed by atoms with Gasteiger partial charge < -0.3 is 5.32 Å². The van der Waals surface area contributed by atoms with Crippen LogP contribution in [0.1, 0.15) is 17.2 Å². The van der Waals surface area contributed by atoms with E-state index in [0.29, 0.717) is 0 Å². The van der Waals surface area contributed by atoms with Gasteiger partial charge in [-0.2, -0.15) is 0 Å². The summed E-state index contributed by atoms with van der Waals surface area (Å²) in [6.45, 7) is 0. The molecule has 1 aliphatic rings. The molecule has 1 N–H and O–H groups in total. The Labute approximate surface area is 98.8 Å². The minimum atomic E-state index is -0.241. The summed E-state index contributed by atoms with van der Waals surface area (Å²) in [6, 6.07) is 10.4. The van der Waals surface area contributed by atoms with E-state index in [0.717, 1.165) is 16.9 Å². The average Bonchev–Trinajstić information content (AvgIpc) is 2.39. The Kier molecular flexibility index (Phi) is 2.37. The summed E-state index contributed by atoms with van der Waals surface area (Å²) in [5.41, 5.74) is 2.64. The van der Waals surface area contributed by atoms with E-state index in [1.54, 1.807) is 18.5 Å². The molecule has 2 nitrogen and oxygen atoms in total. The Morgan fingerprint density at radius 3 is 3.00 bits per heavy atom. The predicted octanol–water partition coefficient (Wildman–Crippen LogP) is 3.09. The molecule has 2 heterocycles. The fourth-order valence-electron chi connectivity index (χ4n) is 1.99. The van der Waals surface area contributed by atoms with Crippen LogP contribution in [0, 0.1) is 11.9 Å². The second kappa shape index (κ2) is 4.01. The number of nitrogens with zero attached hydrogens (tertiary/aromatic N) is 1. The van der Waals surface area contributed by atoms with Gasteiger partial charge >= 0.3 is 0 Å². The molecule has 1 radical (unpaired) electrons. The van der Waals surface area contributed by atoms with E-state index in [1.807, 2.05) is 18.2 Å². The van der Waals surface area contributed by atoms with E-state index in [9.17, 15) is 4.39 Å². The van der Waals surface area contributed by atoms with Crippen molar-refractivity contribution in [3.8, 4) is 0 Å². The molecule has 17 heavy (non-hydrogen) atoms. The smallest absolute Gasteiger partial charge is 0.123 e. The van der Waals surface area contributed by atoms with Crippen LogP contribution < -0.4 is 5.32 Å². The van der Waals surface area contributed by atoms with Crippen molar-refractivity contribution in [2.75, 3.05) is 5.32 Å². The second-order valence-electron chi connectivity index (χ2n) is 3.87. The first-order chi connectivity index (χ1) is 8.34. The molecule has 2 aromatic rings. The number of hydrogen-bond donors (Lipinski definition) is 1. The summed E-state index contributed by atoms with van der Waals surface area (Å²) in [7, 11) is 0. The highest BCUT2D eigenvalue weighted by molar-refractivity contribution is 5.59. The SMILES string of the molecule is Fc1ccc2c(c1)C(c1ccccn1)[C]=CN2. The Hall–Kier alpha value is -2.16. The zero-order chi connectivity index (χ0) is 11.7. The largest absolute Gasteiger partial charge is 0.361 e. The summed E-state index contributed by atoms with van der Waals surface area (Å²) in [5, 5.41) is 3.06. The molecule has 0 spiro atoms. The second-order valence-corrected chi connectivity index (χ2v) is 3.87. The van der Waals surface area contributed by atoms with Crippen LogP contribution in [0.4, 0.5) is 10.1 Å². The van der Waals surface area contributed by atoms with E-state index in [2.05, 4.69) is 16.4 Å². The van der Waals surface area contributed by atoms with E-state index in [4.69, 9.17) is 0 Å². The van der Waals surface area contributed by atoms with Crippen LogP contribution in [-0.2, 0) is 0 Å². The van der Waals surface area contributed by atoms with Gasteiger partial charge in [0.05, 0.1) is 11.6 Å². The van der Waals surface area contributed by atoms with E-state index < -0.39 is 0 Å². The number of benzene rings is 1. The van der Waals surface area contributed by atoms with Crippen LogP contribution in [0.15, 0.2) is 48.8 Å². The van der Waals surface area contributed by atoms with Crippen LogP contribution in [0.2, 0.25) is 0 Å². The molecule has 3 heteroatoms. The Morgan fingerprint density at radius 2 is 2.18 bits per heavy atom. The fraction of sp³-hybridized carbons (Fsp3) is 0.0714. The molecule has 0 amide bonds. The summed E-state index contributed by atoms with van der Waals surface area (Å²) in [6.07, 6.45) is 6.64. The number of rotatable bonds is 1. The van der Waals surface area contributed by atoms with E-state index >= 15 is 0 Å². The lowest BCUT2D eigenvalue weighted by atomic mass is 9.91. The first-order valence-electron chi connectivity index (χ1n) is 5.39. The van der Waals surface area contributed by atoms with Crippen LogP contribution in [0.25, 0.3) is 0 Å². The third-order valence-electron chi connectivity index (χ3n) is 2.79. The van der Waals surface area contributed by atoms with Gasteiger partial charge in [-0.25, -0.2) is 4.39 Å². The van der Waals surface area contributed by atoms with Crippen molar-refractivity contribution in [3.05, 3.63) is 71.9 Å². The quantitative estimate of drug-likeness (QED) is 0.806. The Bertz CT molecular complexity index is 564. The van der Waals surface area contributed by atoms with E-state index in [-0.39, 0.29) is 11.7 Å². The van der Waals surface area contributed by atoms with E-state index in [1.165, 1.54) is 12.1 Å².